The molecule has 1 fully saturated rings. The van der Waals surface area contributed by atoms with E-state index in [0.717, 1.165) is 6.42 Å². The average Bonchev–Trinajstić information content (AvgIpc) is 2.83. The highest BCUT2D eigenvalue weighted by atomic mass is 32.2. The van der Waals surface area contributed by atoms with E-state index in [1.807, 2.05) is 0 Å². The molecule has 1 aromatic rings. The number of rotatable bonds is 6. The summed E-state index contributed by atoms with van der Waals surface area (Å²) < 4.78 is 32.8. The molecule has 7 heteroatoms. The normalized spacial score (nSPS) is 19.7. The van der Waals surface area contributed by atoms with Gasteiger partial charge in [0.05, 0.1) is 12.4 Å². The summed E-state index contributed by atoms with van der Waals surface area (Å²) in [7, 11) is -3.29. The maximum Gasteiger partial charge on any atom is 0.250 e. The van der Waals surface area contributed by atoms with Crippen LogP contribution in [-0.4, -0.2) is 38.5 Å². The van der Waals surface area contributed by atoms with Crippen LogP contribution in [0.2, 0.25) is 0 Å². The first-order valence-corrected chi connectivity index (χ1v) is 7.92. The molecule has 1 aromatic heterocycles. The molecular formula is C12H18N2O4S. The lowest BCUT2D eigenvalue weighted by molar-refractivity contribution is 0.188. The van der Waals surface area contributed by atoms with Crippen LogP contribution < -0.4 is 10.3 Å². The van der Waals surface area contributed by atoms with Crippen molar-refractivity contribution in [3.8, 4) is 0 Å². The molecule has 19 heavy (non-hydrogen) atoms. The molecule has 1 saturated heterocycles. The van der Waals surface area contributed by atoms with E-state index in [2.05, 4.69) is 4.72 Å². The van der Waals surface area contributed by atoms with Crippen molar-refractivity contribution in [1.82, 2.24) is 9.29 Å². The molecule has 1 aliphatic rings. The highest BCUT2D eigenvalue weighted by Crippen LogP contribution is 2.13. The first-order valence-electron chi connectivity index (χ1n) is 6.27. The predicted molar refractivity (Wildman–Crippen MR) is 71.4 cm³/mol. The van der Waals surface area contributed by atoms with Crippen LogP contribution in [0.3, 0.4) is 0 Å². The third-order valence-electron chi connectivity index (χ3n) is 3.05. The van der Waals surface area contributed by atoms with E-state index in [-0.39, 0.29) is 23.8 Å². The first kappa shape index (κ1) is 14.2. The van der Waals surface area contributed by atoms with Crippen LogP contribution >= 0.6 is 0 Å². The van der Waals surface area contributed by atoms with Gasteiger partial charge >= 0.3 is 0 Å². The molecular weight excluding hydrogens is 268 g/mol. The monoisotopic (exact) mass is 286 g/mol. The van der Waals surface area contributed by atoms with Gasteiger partial charge in [0.15, 0.2) is 0 Å². The van der Waals surface area contributed by atoms with E-state index in [4.69, 9.17) is 4.74 Å². The van der Waals surface area contributed by atoms with E-state index in [9.17, 15) is 13.2 Å². The summed E-state index contributed by atoms with van der Waals surface area (Å²) in [4.78, 5) is 11.4. The molecule has 0 spiro atoms. The molecule has 1 N–H and O–H groups in total. The molecule has 106 valence electrons. The van der Waals surface area contributed by atoms with Gasteiger partial charge in [-0.2, -0.15) is 0 Å². The maximum absolute atomic E-state index is 11.8. The Morgan fingerprint density at radius 1 is 1.42 bits per heavy atom. The van der Waals surface area contributed by atoms with Crippen molar-refractivity contribution in [1.29, 1.82) is 0 Å². The molecule has 6 nitrogen and oxygen atoms in total. The van der Waals surface area contributed by atoms with Gasteiger partial charge in [0, 0.05) is 32.0 Å². The Bertz CT molecular complexity index is 561. The highest BCUT2D eigenvalue weighted by Gasteiger charge is 2.22. The summed E-state index contributed by atoms with van der Waals surface area (Å²) in [5.74, 6) is 0.174. The van der Waals surface area contributed by atoms with Gasteiger partial charge < -0.3 is 9.30 Å². The number of hydrogen-bond donors (Lipinski definition) is 1. The minimum Gasteiger partial charge on any atom is -0.381 e. The zero-order valence-electron chi connectivity index (χ0n) is 10.6. The van der Waals surface area contributed by atoms with Crippen molar-refractivity contribution in [3.05, 3.63) is 34.7 Å². The number of nitrogens with zero attached hydrogens (tertiary/aromatic N) is 1. The topological polar surface area (TPSA) is 77.4 Å². The number of hydrogen-bond acceptors (Lipinski definition) is 4. The van der Waals surface area contributed by atoms with Crippen LogP contribution in [-0.2, 0) is 21.3 Å². The van der Waals surface area contributed by atoms with Gasteiger partial charge in [-0.3, -0.25) is 4.79 Å². The molecule has 0 saturated carbocycles. The lowest BCUT2D eigenvalue weighted by Crippen LogP contribution is -2.34. The van der Waals surface area contributed by atoms with Crippen LogP contribution in [0.25, 0.3) is 0 Å². The van der Waals surface area contributed by atoms with Gasteiger partial charge in [0.2, 0.25) is 10.0 Å². The van der Waals surface area contributed by atoms with E-state index in [1.165, 1.54) is 10.6 Å². The van der Waals surface area contributed by atoms with Crippen molar-refractivity contribution >= 4 is 10.0 Å². The quantitative estimate of drug-likeness (QED) is 0.786. The second-order valence-corrected chi connectivity index (χ2v) is 6.49. The Kier molecular flexibility index (Phi) is 4.73. The second-order valence-electron chi connectivity index (χ2n) is 4.64. The fraction of sp³-hybridized carbons (Fsp3) is 0.583. The predicted octanol–water partition coefficient (Wildman–Crippen LogP) is -0.196. The molecule has 0 bridgehead atoms. The summed E-state index contributed by atoms with van der Waals surface area (Å²) in [6.07, 6.45) is 2.43. The molecule has 0 amide bonds. The smallest absolute Gasteiger partial charge is 0.250 e. The van der Waals surface area contributed by atoms with Gasteiger partial charge in [-0.25, -0.2) is 13.1 Å². The fourth-order valence-electron chi connectivity index (χ4n) is 2.05. The first-order chi connectivity index (χ1) is 9.07. The van der Waals surface area contributed by atoms with E-state index >= 15 is 0 Å². The Hall–Kier alpha value is -1.18. The summed E-state index contributed by atoms with van der Waals surface area (Å²) in [5.41, 5.74) is -0.133. The third-order valence-corrected chi connectivity index (χ3v) is 4.61. The number of pyridine rings is 1. The van der Waals surface area contributed by atoms with Crippen LogP contribution in [0.1, 0.15) is 6.42 Å². The average molecular weight is 286 g/mol. The second kappa shape index (κ2) is 6.31. The molecule has 1 aliphatic heterocycles. The summed E-state index contributed by atoms with van der Waals surface area (Å²) >= 11 is 0. The number of ether oxygens (including phenoxy) is 1. The van der Waals surface area contributed by atoms with Gasteiger partial charge in [0.25, 0.3) is 5.56 Å². The molecule has 2 rings (SSSR count). The van der Waals surface area contributed by atoms with Gasteiger partial charge in [0.1, 0.15) is 0 Å². The zero-order valence-corrected chi connectivity index (χ0v) is 11.4. The molecule has 1 atom stereocenters. The summed E-state index contributed by atoms with van der Waals surface area (Å²) in [6.45, 7) is 1.71. The lowest BCUT2D eigenvalue weighted by Gasteiger charge is -2.10. The summed E-state index contributed by atoms with van der Waals surface area (Å²) in [5, 5.41) is 0. The lowest BCUT2D eigenvalue weighted by atomic mass is 10.2. The summed E-state index contributed by atoms with van der Waals surface area (Å²) in [6, 6.07) is 4.85. The SMILES string of the molecule is O=c1ccccn1CCNS(=O)(=O)CC1CCOC1. The highest BCUT2D eigenvalue weighted by molar-refractivity contribution is 7.89. The maximum atomic E-state index is 11.8. The molecule has 0 aromatic carbocycles. The Morgan fingerprint density at radius 2 is 2.26 bits per heavy atom. The van der Waals surface area contributed by atoms with Crippen molar-refractivity contribution in [3.63, 3.8) is 0 Å². The van der Waals surface area contributed by atoms with Crippen LogP contribution in [0.15, 0.2) is 29.2 Å². The minimum atomic E-state index is -3.29. The minimum absolute atomic E-state index is 0.0805. The number of nitrogens with one attached hydrogen (secondary N) is 1. The van der Waals surface area contributed by atoms with Crippen molar-refractivity contribution in [2.24, 2.45) is 5.92 Å². The van der Waals surface area contributed by atoms with E-state index in [0.29, 0.717) is 19.8 Å². The molecule has 0 radical (unpaired) electrons. The zero-order chi connectivity index (χ0) is 13.7. The molecule has 2 heterocycles. The van der Waals surface area contributed by atoms with Gasteiger partial charge in [-0.1, -0.05) is 6.07 Å². The van der Waals surface area contributed by atoms with Crippen molar-refractivity contribution < 1.29 is 13.2 Å². The van der Waals surface area contributed by atoms with Gasteiger partial charge in [-0.05, 0) is 18.4 Å². The van der Waals surface area contributed by atoms with Crippen LogP contribution in [0.4, 0.5) is 0 Å². The van der Waals surface area contributed by atoms with Crippen LogP contribution in [0.5, 0.6) is 0 Å². The van der Waals surface area contributed by atoms with E-state index < -0.39 is 10.0 Å². The van der Waals surface area contributed by atoms with E-state index in [1.54, 1.807) is 18.3 Å². The molecule has 1 unspecified atom stereocenters. The Balaban J connectivity index is 1.81. The van der Waals surface area contributed by atoms with Crippen molar-refractivity contribution in [2.45, 2.75) is 13.0 Å². The standard InChI is InChI=1S/C12H18N2O4S/c15-12-3-1-2-6-14(12)7-5-13-19(16,17)10-11-4-8-18-9-11/h1-3,6,11,13H,4-5,7-10H2. The van der Waals surface area contributed by atoms with Crippen molar-refractivity contribution in [2.75, 3.05) is 25.5 Å². The Morgan fingerprint density at radius 3 is 2.95 bits per heavy atom. The largest absolute Gasteiger partial charge is 0.381 e. The Labute approximate surface area is 112 Å². The number of aromatic nitrogens is 1. The van der Waals surface area contributed by atoms with Gasteiger partial charge in [-0.15, -0.1) is 0 Å². The third kappa shape index (κ3) is 4.45. The fourth-order valence-corrected chi connectivity index (χ4v) is 3.45. The van der Waals surface area contributed by atoms with Crippen LogP contribution in [0, 0.1) is 5.92 Å². The molecule has 0 aliphatic carbocycles. The number of sulfonamides is 1.